The van der Waals surface area contributed by atoms with Gasteiger partial charge in [-0.15, -0.1) is 0 Å². The highest BCUT2D eigenvalue weighted by atomic mass is 16.5. The second kappa shape index (κ2) is 6.60. The molecular weight excluding hydrogens is 238 g/mol. The van der Waals surface area contributed by atoms with Crippen LogP contribution < -0.4 is 5.32 Å². The first-order valence-corrected chi connectivity index (χ1v) is 7.28. The highest BCUT2D eigenvalue weighted by Crippen LogP contribution is 2.30. The van der Waals surface area contributed by atoms with Crippen molar-refractivity contribution in [2.45, 2.75) is 45.6 Å². The van der Waals surface area contributed by atoms with Crippen molar-refractivity contribution in [3.63, 3.8) is 0 Å². The third-order valence-corrected chi connectivity index (χ3v) is 3.93. The molecule has 1 aromatic rings. The Labute approximate surface area is 115 Å². The van der Waals surface area contributed by atoms with E-state index in [0.29, 0.717) is 18.2 Å². The van der Waals surface area contributed by atoms with Crippen molar-refractivity contribution in [2.75, 3.05) is 11.9 Å². The third kappa shape index (κ3) is 3.49. The van der Waals surface area contributed by atoms with Crippen molar-refractivity contribution in [2.24, 2.45) is 5.92 Å². The summed E-state index contributed by atoms with van der Waals surface area (Å²) in [4.78, 5) is 11.6. The van der Waals surface area contributed by atoms with E-state index in [-0.39, 0.29) is 5.97 Å². The van der Waals surface area contributed by atoms with Gasteiger partial charge in [0.15, 0.2) is 0 Å². The standard InChI is InChI=1S/C16H23NO2/c1-3-12-6-5-7-15(12)17-14-10-8-13(9-11-14)16(18)19-4-2/h8-12,15,17H,3-7H2,1-2H3. The number of carbonyl (C=O) groups excluding carboxylic acids is 1. The molecular formula is C16H23NO2. The van der Waals surface area contributed by atoms with Gasteiger partial charge in [-0.2, -0.15) is 0 Å². The summed E-state index contributed by atoms with van der Waals surface area (Å²) in [7, 11) is 0. The maximum Gasteiger partial charge on any atom is 0.338 e. The van der Waals surface area contributed by atoms with E-state index in [2.05, 4.69) is 12.2 Å². The molecule has 1 fully saturated rings. The molecule has 1 aliphatic rings. The second-order valence-corrected chi connectivity index (χ2v) is 5.15. The first-order valence-electron chi connectivity index (χ1n) is 7.28. The monoisotopic (exact) mass is 261 g/mol. The van der Waals surface area contributed by atoms with Crippen LogP contribution in [0.3, 0.4) is 0 Å². The summed E-state index contributed by atoms with van der Waals surface area (Å²) >= 11 is 0. The summed E-state index contributed by atoms with van der Waals surface area (Å²) in [5, 5.41) is 3.59. The van der Waals surface area contributed by atoms with E-state index in [1.807, 2.05) is 31.2 Å². The van der Waals surface area contributed by atoms with Crippen LogP contribution >= 0.6 is 0 Å². The molecule has 1 aliphatic carbocycles. The summed E-state index contributed by atoms with van der Waals surface area (Å²) in [6.07, 6.45) is 5.13. The number of rotatable bonds is 5. The number of anilines is 1. The summed E-state index contributed by atoms with van der Waals surface area (Å²) < 4.78 is 4.98. The molecule has 2 atom stereocenters. The molecule has 1 N–H and O–H groups in total. The zero-order valence-electron chi connectivity index (χ0n) is 11.8. The molecule has 2 unspecified atom stereocenters. The average Bonchev–Trinajstić information content (AvgIpc) is 2.87. The SMILES string of the molecule is CCOC(=O)c1ccc(NC2CCCC2CC)cc1. The van der Waals surface area contributed by atoms with Crippen molar-refractivity contribution in [3.05, 3.63) is 29.8 Å². The van der Waals surface area contributed by atoms with Crippen LogP contribution in [0.5, 0.6) is 0 Å². The largest absolute Gasteiger partial charge is 0.462 e. The molecule has 3 nitrogen and oxygen atoms in total. The van der Waals surface area contributed by atoms with E-state index in [1.165, 1.54) is 25.7 Å². The summed E-state index contributed by atoms with van der Waals surface area (Å²) in [5.74, 6) is 0.533. The Morgan fingerprint density at radius 1 is 1.26 bits per heavy atom. The second-order valence-electron chi connectivity index (χ2n) is 5.15. The van der Waals surface area contributed by atoms with Crippen LogP contribution in [0.15, 0.2) is 24.3 Å². The van der Waals surface area contributed by atoms with Crippen LogP contribution in [-0.4, -0.2) is 18.6 Å². The molecule has 104 valence electrons. The average molecular weight is 261 g/mol. The maximum atomic E-state index is 11.6. The highest BCUT2D eigenvalue weighted by Gasteiger charge is 2.25. The van der Waals surface area contributed by atoms with Crippen LogP contribution in [-0.2, 0) is 4.74 Å². The molecule has 0 bridgehead atoms. The molecule has 19 heavy (non-hydrogen) atoms. The molecule has 3 heteroatoms. The molecule has 1 saturated carbocycles. The van der Waals surface area contributed by atoms with Gasteiger partial charge in [0.25, 0.3) is 0 Å². The van der Waals surface area contributed by atoms with E-state index >= 15 is 0 Å². The zero-order valence-corrected chi connectivity index (χ0v) is 11.8. The Balaban J connectivity index is 1.97. The van der Waals surface area contributed by atoms with Gasteiger partial charge in [-0.25, -0.2) is 4.79 Å². The topological polar surface area (TPSA) is 38.3 Å². The molecule has 0 radical (unpaired) electrons. The molecule has 0 heterocycles. The Morgan fingerprint density at radius 3 is 2.63 bits per heavy atom. The van der Waals surface area contributed by atoms with Gasteiger partial charge in [-0.3, -0.25) is 0 Å². The van der Waals surface area contributed by atoms with Crippen LogP contribution in [0.2, 0.25) is 0 Å². The van der Waals surface area contributed by atoms with Crippen molar-refractivity contribution < 1.29 is 9.53 Å². The van der Waals surface area contributed by atoms with Crippen LogP contribution in [0.4, 0.5) is 5.69 Å². The number of benzene rings is 1. The normalized spacial score (nSPS) is 22.2. The van der Waals surface area contributed by atoms with Gasteiger partial charge in [0, 0.05) is 11.7 Å². The first-order chi connectivity index (χ1) is 9.24. The quantitative estimate of drug-likeness (QED) is 0.818. The molecule has 0 spiro atoms. The molecule has 1 aromatic carbocycles. The molecule has 2 rings (SSSR count). The predicted molar refractivity (Wildman–Crippen MR) is 77.4 cm³/mol. The van der Waals surface area contributed by atoms with Gasteiger partial charge in [0.1, 0.15) is 0 Å². The number of carbonyl (C=O) groups is 1. The van der Waals surface area contributed by atoms with Crippen LogP contribution in [0, 0.1) is 5.92 Å². The minimum absolute atomic E-state index is 0.249. The van der Waals surface area contributed by atoms with Crippen molar-refractivity contribution in [1.29, 1.82) is 0 Å². The van der Waals surface area contributed by atoms with E-state index < -0.39 is 0 Å². The molecule has 0 aromatic heterocycles. The molecule has 0 amide bonds. The fourth-order valence-corrected chi connectivity index (χ4v) is 2.85. The van der Waals surface area contributed by atoms with Crippen LogP contribution in [0.25, 0.3) is 0 Å². The van der Waals surface area contributed by atoms with Gasteiger partial charge >= 0.3 is 5.97 Å². The fourth-order valence-electron chi connectivity index (χ4n) is 2.85. The number of esters is 1. The minimum atomic E-state index is -0.249. The Bertz CT molecular complexity index is 413. The van der Waals surface area contributed by atoms with Crippen molar-refractivity contribution in [1.82, 2.24) is 0 Å². The minimum Gasteiger partial charge on any atom is -0.462 e. The van der Waals surface area contributed by atoms with Crippen molar-refractivity contribution in [3.8, 4) is 0 Å². The lowest BCUT2D eigenvalue weighted by Gasteiger charge is -2.20. The molecule has 0 saturated heterocycles. The number of nitrogens with one attached hydrogen (secondary N) is 1. The summed E-state index contributed by atoms with van der Waals surface area (Å²) in [6.45, 7) is 4.49. The van der Waals surface area contributed by atoms with Gasteiger partial charge in [0.2, 0.25) is 0 Å². The third-order valence-electron chi connectivity index (χ3n) is 3.93. The lowest BCUT2D eigenvalue weighted by molar-refractivity contribution is 0.0526. The highest BCUT2D eigenvalue weighted by molar-refractivity contribution is 5.89. The van der Waals surface area contributed by atoms with Crippen LogP contribution in [0.1, 0.15) is 49.9 Å². The Morgan fingerprint density at radius 2 is 2.00 bits per heavy atom. The fraction of sp³-hybridized carbons (Fsp3) is 0.562. The number of hydrogen-bond donors (Lipinski definition) is 1. The van der Waals surface area contributed by atoms with Crippen molar-refractivity contribution >= 4 is 11.7 Å². The zero-order chi connectivity index (χ0) is 13.7. The summed E-state index contributed by atoms with van der Waals surface area (Å²) in [6, 6.07) is 8.18. The van der Waals surface area contributed by atoms with E-state index in [9.17, 15) is 4.79 Å². The van der Waals surface area contributed by atoms with E-state index in [0.717, 1.165) is 11.6 Å². The van der Waals surface area contributed by atoms with E-state index in [4.69, 9.17) is 4.74 Å². The van der Waals surface area contributed by atoms with E-state index in [1.54, 1.807) is 0 Å². The maximum absolute atomic E-state index is 11.6. The summed E-state index contributed by atoms with van der Waals surface area (Å²) in [5.41, 5.74) is 1.71. The van der Waals surface area contributed by atoms with Gasteiger partial charge in [0.05, 0.1) is 12.2 Å². The molecule has 0 aliphatic heterocycles. The lowest BCUT2D eigenvalue weighted by Crippen LogP contribution is -2.23. The first kappa shape index (κ1) is 13.9. The predicted octanol–water partition coefficient (Wildman–Crippen LogP) is 3.85. The van der Waals surface area contributed by atoms with Gasteiger partial charge in [-0.1, -0.05) is 19.8 Å². The lowest BCUT2D eigenvalue weighted by atomic mass is 10.0. The van der Waals surface area contributed by atoms with Gasteiger partial charge in [-0.05, 0) is 49.9 Å². The number of hydrogen-bond acceptors (Lipinski definition) is 3. The Hall–Kier alpha value is -1.51. The smallest absolute Gasteiger partial charge is 0.338 e. The number of ether oxygens (including phenoxy) is 1. The van der Waals surface area contributed by atoms with Gasteiger partial charge < -0.3 is 10.1 Å². The Kier molecular flexibility index (Phi) is 4.83.